The minimum Gasteiger partial charge on any atom is -0.383 e. The highest BCUT2D eigenvalue weighted by Crippen LogP contribution is 2.55. The van der Waals surface area contributed by atoms with Crippen molar-refractivity contribution in [3.63, 3.8) is 0 Å². The van der Waals surface area contributed by atoms with Crippen LogP contribution in [0.2, 0.25) is 0 Å². The van der Waals surface area contributed by atoms with Gasteiger partial charge < -0.3 is 10.6 Å². The van der Waals surface area contributed by atoms with E-state index in [1.54, 1.807) is 37.3 Å². The van der Waals surface area contributed by atoms with Gasteiger partial charge in [-0.3, -0.25) is 4.98 Å². The van der Waals surface area contributed by atoms with Gasteiger partial charge in [-0.2, -0.15) is 29.0 Å². The second-order valence-corrected chi connectivity index (χ2v) is 11.9. The number of hydrogen-bond acceptors (Lipinski definition) is 8. The summed E-state index contributed by atoms with van der Waals surface area (Å²) in [4.78, 5) is 4.38. The molecule has 1 aliphatic rings. The van der Waals surface area contributed by atoms with Crippen molar-refractivity contribution >= 4 is 22.3 Å². The molecule has 5 rings (SSSR count). The Morgan fingerprint density at radius 2 is 1.72 bits per heavy atom. The zero-order chi connectivity index (χ0) is 31.2. The molecule has 0 spiro atoms. The Morgan fingerprint density at radius 1 is 1.02 bits per heavy atom. The zero-order valence-electron chi connectivity index (χ0n) is 24.0. The number of pyridine rings is 1. The highest BCUT2D eigenvalue weighted by Gasteiger charge is 2.66. The summed E-state index contributed by atoms with van der Waals surface area (Å²) in [7, 11) is 0. The first kappa shape index (κ1) is 29.3. The van der Waals surface area contributed by atoms with Crippen LogP contribution >= 0.6 is 0 Å². The fourth-order valence-electron chi connectivity index (χ4n) is 5.04. The Bertz CT molecular complexity index is 1840. The van der Waals surface area contributed by atoms with Crippen molar-refractivity contribution in [3.8, 4) is 18.2 Å². The molecule has 0 radical (unpaired) electrons. The smallest absolute Gasteiger partial charge is 0.383 e. The maximum Gasteiger partial charge on any atom is 0.413 e. The van der Waals surface area contributed by atoms with E-state index in [4.69, 9.17) is 0 Å². The normalized spacial score (nSPS) is 14.8. The molecule has 12 heteroatoms. The molecule has 43 heavy (non-hydrogen) atoms. The molecule has 1 fully saturated rings. The van der Waals surface area contributed by atoms with Crippen LogP contribution in [0.15, 0.2) is 42.7 Å². The van der Waals surface area contributed by atoms with Crippen molar-refractivity contribution < 1.29 is 13.2 Å². The van der Waals surface area contributed by atoms with E-state index in [0.717, 1.165) is 4.68 Å². The molecule has 0 aliphatic heterocycles. The van der Waals surface area contributed by atoms with E-state index in [1.807, 2.05) is 20.8 Å². The molecule has 2 heterocycles. The highest BCUT2D eigenvalue weighted by molar-refractivity contribution is 5.99. The number of benzene rings is 2. The van der Waals surface area contributed by atoms with Crippen molar-refractivity contribution in [1.29, 1.82) is 15.8 Å². The van der Waals surface area contributed by atoms with E-state index in [2.05, 4.69) is 44.1 Å². The molecule has 0 saturated heterocycles. The molecule has 2 aromatic carbocycles. The topological polar surface area (TPSA) is 139 Å². The summed E-state index contributed by atoms with van der Waals surface area (Å²) < 4.78 is 42.5. The van der Waals surface area contributed by atoms with Crippen LogP contribution in [-0.2, 0) is 5.54 Å². The van der Waals surface area contributed by atoms with Gasteiger partial charge in [0.1, 0.15) is 17.8 Å². The third-order valence-corrected chi connectivity index (χ3v) is 7.62. The van der Waals surface area contributed by atoms with Gasteiger partial charge in [-0.25, -0.2) is 4.68 Å². The Labute approximate surface area is 246 Å². The number of aromatic nitrogens is 4. The first-order valence-corrected chi connectivity index (χ1v) is 13.6. The van der Waals surface area contributed by atoms with Crippen LogP contribution in [0.25, 0.3) is 10.9 Å². The van der Waals surface area contributed by atoms with Crippen molar-refractivity contribution in [2.24, 2.45) is 5.41 Å². The Morgan fingerprint density at radius 3 is 2.33 bits per heavy atom. The van der Waals surface area contributed by atoms with E-state index >= 15 is 0 Å². The van der Waals surface area contributed by atoms with Crippen LogP contribution in [0.5, 0.6) is 0 Å². The second-order valence-electron chi connectivity index (χ2n) is 11.9. The van der Waals surface area contributed by atoms with Crippen LogP contribution in [0, 0.1) is 46.3 Å². The summed E-state index contributed by atoms with van der Waals surface area (Å²) >= 11 is 0. The lowest BCUT2D eigenvalue weighted by Crippen LogP contribution is -2.35. The average molecular weight is 584 g/mol. The lowest BCUT2D eigenvalue weighted by molar-refractivity contribution is -0.182. The van der Waals surface area contributed by atoms with Gasteiger partial charge >= 0.3 is 6.18 Å². The van der Waals surface area contributed by atoms with Gasteiger partial charge in [-0.15, -0.1) is 5.10 Å². The van der Waals surface area contributed by atoms with Gasteiger partial charge in [0.05, 0.1) is 46.2 Å². The first-order chi connectivity index (χ1) is 20.3. The highest BCUT2D eigenvalue weighted by atomic mass is 19.4. The number of hydrogen-bond donors (Lipinski definition) is 2. The third kappa shape index (κ3) is 5.42. The van der Waals surface area contributed by atoms with Crippen LogP contribution < -0.4 is 10.6 Å². The van der Waals surface area contributed by atoms with Gasteiger partial charge in [0, 0.05) is 23.8 Å². The molecule has 0 bridgehead atoms. The number of nitrogens with zero attached hydrogens (tertiary/aromatic N) is 7. The predicted octanol–water partition coefficient (Wildman–Crippen LogP) is 6.46. The van der Waals surface area contributed by atoms with Gasteiger partial charge in [-0.05, 0) is 54.5 Å². The molecule has 1 unspecified atom stereocenters. The minimum atomic E-state index is -4.49. The summed E-state index contributed by atoms with van der Waals surface area (Å²) in [6.45, 7) is 8.42. The number of alkyl halides is 3. The molecular weight excluding hydrogens is 555 g/mol. The maximum atomic E-state index is 13.9. The number of anilines is 2. The number of fused-ring (bicyclic) bond motifs is 1. The fraction of sp³-hybridized carbons (Fsp3) is 0.355. The van der Waals surface area contributed by atoms with Crippen LogP contribution in [-0.4, -0.2) is 32.7 Å². The number of nitrogens with one attached hydrogen (secondary N) is 2. The monoisotopic (exact) mass is 583 g/mol. The van der Waals surface area contributed by atoms with E-state index < -0.39 is 17.8 Å². The number of nitriles is 3. The average Bonchev–Trinajstić information content (AvgIpc) is 3.65. The molecule has 0 amide bonds. The fourth-order valence-corrected chi connectivity index (χ4v) is 5.04. The largest absolute Gasteiger partial charge is 0.413 e. The van der Waals surface area contributed by atoms with Gasteiger partial charge in [0.25, 0.3) is 0 Å². The van der Waals surface area contributed by atoms with Gasteiger partial charge in [-0.1, -0.05) is 38.1 Å². The molecule has 1 aliphatic carbocycles. The van der Waals surface area contributed by atoms with Crippen molar-refractivity contribution in [3.05, 3.63) is 76.2 Å². The standard InChI is InChI=1S/C31H28F3N9/c1-18-19(12-35)6-5-7-23(18)28(25-16-43(42-41-25)30(8-9-30)31(32,33)34)40-22-10-20(13-36)26-24(11-22)27(21(14-37)15-38-26)39-17-29(2,3)4/h5-7,10-11,15-16,28,40H,8-9,17H2,1-4H3,(H,38,39). The summed E-state index contributed by atoms with van der Waals surface area (Å²) in [6.07, 6.45) is -1.95. The SMILES string of the molecule is Cc1c(C#N)cccc1C(Nc1cc(C#N)c2ncc(C#N)c(NCC(C)(C)C)c2c1)c1cn(C2(C(F)(F)F)CC2)nn1. The van der Waals surface area contributed by atoms with Gasteiger partial charge in [0.15, 0.2) is 5.54 Å². The zero-order valence-corrected chi connectivity index (χ0v) is 24.0. The lowest BCUT2D eigenvalue weighted by atomic mass is 9.94. The van der Waals surface area contributed by atoms with Gasteiger partial charge in [0.2, 0.25) is 0 Å². The van der Waals surface area contributed by atoms with E-state index in [1.165, 1.54) is 12.4 Å². The summed E-state index contributed by atoms with van der Waals surface area (Å²) in [5.41, 5.74) is 1.54. The maximum absolute atomic E-state index is 13.9. The number of rotatable bonds is 7. The second kappa shape index (κ2) is 10.6. The van der Waals surface area contributed by atoms with Crippen LogP contribution in [0.3, 0.4) is 0 Å². The Balaban J connectivity index is 1.66. The molecule has 9 nitrogen and oxygen atoms in total. The summed E-state index contributed by atoms with van der Waals surface area (Å²) in [5.74, 6) is 0. The lowest BCUT2D eigenvalue weighted by Gasteiger charge is -2.23. The molecule has 1 saturated carbocycles. The first-order valence-electron chi connectivity index (χ1n) is 13.6. The van der Waals surface area contributed by atoms with E-state index in [-0.39, 0.29) is 29.5 Å². The Hall–Kier alpha value is -5.15. The molecular formula is C31H28F3N9. The van der Waals surface area contributed by atoms with Crippen molar-refractivity contribution in [2.45, 2.75) is 58.3 Å². The molecule has 2 N–H and O–H groups in total. The molecule has 1 atom stereocenters. The van der Waals surface area contributed by atoms with Crippen molar-refractivity contribution in [2.75, 3.05) is 17.2 Å². The van der Waals surface area contributed by atoms with E-state index in [9.17, 15) is 29.0 Å². The quantitative estimate of drug-likeness (QED) is 0.253. The molecule has 2 aromatic heterocycles. The van der Waals surface area contributed by atoms with Crippen molar-refractivity contribution in [1.82, 2.24) is 20.0 Å². The number of halogens is 3. The Kier molecular flexibility index (Phi) is 7.23. The minimum absolute atomic E-state index is 0.0882. The van der Waals surface area contributed by atoms with Crippen LogP contribution in [0.1, 0.15) is 73.2 Å². The van der Waals surface area contributed by atoms with Crippen LogP contribution in [0.4, 0.5) is 24.5 Å². The molecule has 4 aromatic rings. The third-order valence-electron chi connectivity index (χ3n) is 7.62. The van der Waals surface area contributed by atoms with E-state index in [0.29, 0.717) is 51.1 Å². The summed E-state index contributed by atoms with van der Waals surface area (Å²) in [6, 6.07) is 14.1. The predicted molar refractivity (Wildman–Crippen MR) is 154 cm³/mol. The summed E-state index contributed by atoms with van der Waals surface area (Å²) in [5, 5.41) is 44.7. The molecule has 218 valence electrons.